The van der Waals surface area contributed by atoms with E-state index in [9.17, 15) is 0 Å². The topological polar surface area (TPSA) is 0 Å². The Labute approximate surface area is 56.0 Å². The van der Waals surface area contributed by atoms with Crippen molar-refractivity contribution >= 4 is 11.8 Å². The molecule has 0 amide bonds. The summed E-state index contributed by atoms with van der Waals surface area (Å²) in [4.78, 5) is 0. The average molecular weight is 130 g/mol. The second-order valence-corrected chi connectivity index (χ2v) is 3.89. The maximum Gasteiger partial charge on any atom is 0.0169 e. The molecule has 0 aromatic rings. The predicted octanol–water partition coefficient (Wildman–Crippen LogP) is 2.68. The lowest BCUT2D eigenvalue weighted by Gasteiger charge is -1.87. The molecule has 0 bridgehead atoms. The Bertz CT molecular complexity index is 70.8. The highest BCUT2D eigenvalue weighted by atomic mass is 32.2. The fourth-order valence-corrected chi connectivity index (χ4v) is 2.33. The number of rotatable bonds is 3. The zero-order valence-electron chi connectivity index (χ0n) is 5.68. The average Bonchev–Trinajstić information content (AvgIpc) is 2.48. The minimum Gasteiger partial charge on any atom is -0.153 e. The molecule has 1 aliphatic heterocycles. The largest absolute Gasteiger partial charge is 0.153 e. The lowest BCUT2D eigenvalue weighted by molar-refractivity contribution is 0.750. The van der Waals surface area contributed by atoms with E-state index in [0.29, 0.717) is 0 Å². The van der Waals surface area contributed by atoms with Gasteiger partial charge in [0.1, 0.15) is 0 Å². The third kappa shape index (κ3) is 1.41. The van der Waals surface area contributed by atoms with Crippen LogP contribution < -0.4 is 0 Å². The first-order valence-corrected chi connectivity index (χ1v) is 4.48. The molecule has 48 valence electrons. The highest BCUT2D eigenvalue weighted by molar-refractivity contribution is 8.07. The van der Waals surface area contributed by atoms with Gasteiger partial charge in [0, 0.05) is 10.5 Å². The van der Waals surface area contributed by atoms with Crippen LogP contribution in [0, 0.1) is 0 Å². The Kier molecular flexibility index (Phi) is 2.24. The van der Waals surface area contributed by atoms with Crippen LogP contribution in [-0.4, -0.2) is 10.5 Å². The van der Waals surface area contributed by atoms with Gasteiger partial charge in [0.2, 0.25) is 0 Å². The van der Waals surface area contributed by atoms with E-state index in [1.165, 1.54) is 19.3 Å². The van der Waals surface area contributed by atoms with Gasteiger partial charge in [-0.3, -0.25) is 0 Å². The Hall–Kier alpha value is 0.350. The molecule has 0 spiro atoms. The zero-order valence-corrected chi connectivity index (χ0v) is 6.50. The van der Waals surface area contributed by atoms with Crippen LogP contribution >= 0.6 is 11.8 Å². The SMILES string of the molecule is CCCC1SC1CC. The van der Waals surface area contributed by atoms with Crippen LogP contribution in [0.5, 0.6) is 0 Å². The summed E-state index contributed by atoms with van der Waals surface area (Å²) in [5, 5.41) is 2.08. The van der Waals surface area contributed by atoms with Crippen molar-refractivity contribution < 1.29 is 0 Å². The summed E-state index contributed by atoms with van der Waals surface area (Å²) in [7, 11) is 0. The van der Waals surface area contributed by atoms with Crippen molar-refractivity contribution in [1.82, 2.24) is 0 Å². The van der Waals surface area contributed by atoms with Crippen molar-refractivity contribution in [3.05, 3.63) is 0 Å². The predicted molar refractivity (Wildman–Crippen MR) is 40.4 cm³/mol. The number of hydrogen-bond donors (Lipinski definition) is 0. The molecule has 1 fully saturated rings. The number of thioether (sulfide) groups is 1. The van der Waals surface area contributed by atoms with Crippen LogP contribution in [0.2, 0.25) is 0 Å². The minimum atomic E-state index is 1.04. The van der Waals surface area contributed by atoms with Crippen LogP contribution in [0.1, 0.15) is 33.1 Å². The third-order valence-corrected chi connectivity index (χ3v) is 3.27. The Balaban J connectivity index is 1.99. The van der Waals surface area contributed by atoms with Gasteiger partial charge in [-0.1, -0.05) is 20.3 Å². The van der Waals surface area contributed by atoms with Crippen molar-refractivity contribution in [3.63, 3.8) is 0 Å². The van der Waals surface area contributed by atoms with E-state index in [1.807, 2.05) is 0 Å². The molecule has 0 N–H and O–H groups in total. The molecule has 0 saturated carbocycles. The normalized spacial score (nSPS) is 35.2. The second kappa shape index (κ2) is 2.77. The summed E-state index contributed by atoms with van der Waals surface area (Å²) in [5.41, 5.74) is 0. The van der Waals surface area contributed by atoms with E-state index in [-0.39, 0.29) is 0 Å². The van der Waals surface area contributed by atoms with Gasteiger partial charge in [-0.25, -0.2) is 0 Å². The summed E-state index contributed by atoms with van der Waals surface area (Å²) >= 11 is 2.16. The van der Waals surface area contributed by atoms with Crippen LogP contribution in [0.15, 0.2) is 0 Å². The van der Waals surface area contributed by atoms with E-state index >= 15 is 0 Å². The maximum atomic E-state index is 2.29. The molecule has 1 rings (SSSR count). The zero-order chi connectivity index (χ0) is 5.98. The van der Waals surface area contributed by atoms with Gasteiger partial charge in [0.05, 0.1) is 0 Å². The van der Waals surface area contributed by atoms with Crippen LogP contribution in [0.3, 0.4) is 0 Å². The molecule has 1 aliphatic rings. The molecular weight excluding hydrogens is 116 g/mol. The third-order valence-electron chi connectivity index (χ3n) is 1.66. The van der Waals surface area contributed by atoms with Crippen molar-refractivity contribution in [2.45, 2.75) is 43.6 Å². The van der Waals surface area contributed by atoms with Crippen LogP contribution in [0.4, 0.5) is 0 Å². The molecule has 1 heterocycles. The van der Waals surface area contributed by atoms with Crippen molar-refractivity contribution in [2.75, 3.05) is 0 Å². The molecular formula is C7H14S. The highest BCUT2D eigenvalue weighted by Gasteiger charge is 2.34. The molecule has 8 heavy (non-hydrogen) atoms. The van der Waals surface area contributed by atoms with Gasteiger partial charge >= 0.3 is 0 Å². The van der Waals surface area contributed by atoms with Gasteiger partial charge in [0.25, 0.3) is 0 Å². The molecule has 0 nitrogen and oxygen atoms in total. The smallest absolute Gasteiger partial charge is 0.0169 e. The number of hydrogen-bond acceptors (Lipinski definition) is 1. The lowest BCUT2D eigenvalue weighted by atomic mass is 10.2. The Morgan fingerprint density at radius 1 is 1.25 bits per heavy atom. The van der Waals surface area contributed by atoms with Gasteiger partial charge < -0.3 is 0 Å². The molecule has 0 aromatic heterocycles. The fraction of sp³-hybridized carbons (Fsp3) is 1.00. The first-order valence-electron chi connectivity index (χ1n) is 3.54. The highest BCUT2D eigenvalue weighted by Crippen LogP contribution is 2.45. The molecule has 0 aromatic carbocycles. The van der Waals surface area contributed by atoms with Crippen molar-refractivity contribution in [3.8, 4) is 0 Å². The minimum absolute atomic E-state index is 1.04. The first kappa shape index (κ1) is 6.47. The Morgan fingerprint density at radius 2 is 2.00 bits per heavy atom. The summed E-state index contributed by atoms with van der Waals surface area (Å²) in [6, 6.07) is 0. The molecule has 0 radical (unpaired) electrons. The van der Waals surface area contributed by atoms with Gasteiger partial charge in [-0.15, -0.1) is 0 Å². The van der Waals surface area contributed by atoms with Crippen LogP contribution in [0.25, 0.3) is 0 Å². The summed E-state index contributed by atoms with van der Waals surface area (Å²) in [5.74, 6) is 0. The first-order chi connectivity index (χ1) is 3.88. The molecule has 0 aliphatic carbocycles. The Morgan fingerprint density at radius 3 is 2.38 bits per heavy atom. The van der Waals surface area contributed by atoms with E-state index < -0.39 is 0 Å². The van der Waals surface area contributed by atoms with Crippen molar-refractivity contribution in [1.29, 1.82) is 0 Å². The summed E-state index contributed by atoms with van der Waals surface area (Å²) in [6.45, 7) is 4.55. The van der Waals surface area contributed by atoms with Gasteiger partial charge in [-0.2, -0.15) is 11.8 Å². The standard InChI is InChI=1S/C7H14S/c1-3-5-7-6(4-2)8-7/h6-7H,3-5H2,1-2H3. The maximum absolute atomic E-state index is 2.29. The van der Waals surface area contributed by atoms with E-state index in [1.54, 1.807) is 0 Å². The lowest BCUT2D eigenvalue weighted by Crippen LogP contribution is -1.89. The molecule has 1 saturated heterocycles. The second-order valence-electron chi connectivity index (χ2n) is 2.41. The van der Waals surface area contributed by atoms with E-state index in [2.05, 4.69) is 25.6 Å². The quantitative estimate of drug-likeness (QED) is 0.529. The fourth-order valence-electron chi connectivity index (χ4n) is 1.08. The summed E-state index contributed by atoms with van der Waals surface area (Å²) < 4.78 is 0. The monoisotopic (exact) mass is 130 g/mol. The van der Waals surface area contributed by atoms with Gasteiger partial charge in [0.15, 0.2) is 0 Å². The van der Waals surface area contributed by atoms with E-state index in [0.717, 1.165) is 10.5 Å². The molecule has 2 atom stereocenters. The van der Waals surface area contributed by atoms with Crippen molar-refractivity contribution in [2.24, 2.45) is 0 Å². The van der Waals surface area contributed by atoms with E-state index in [4.69, 9.17) is 0 Å². The molecule has 1 heteroatoms. The summed E-state index contributed by atoms with van der Waals surface area (Å²) in [6.07, 6.45) is 4.20. The van der Waals surface area contributed by atoms with Gasteiger partial charge in [-0.05, 0) is 12.8 Å². The van der Waals surface area contributed by atoms with Crippen LogP contribution in [-0.2, 0) is 0 Å². The molecule has 2 unspecified atom stereocenters.